The number of aromatic nitrogens is 2. The Kier molecular flexibility index (Phi) is 5.52. The zero-order valence-corrected chi connectivity index (χ0v) is 13.5. The van der Waals surface area contributed by atoms with Crippen LogP contribution in [0.25, 0.3) is 0 Å². The summed E-state index contributed by atoms with van der Waals surface area (Å²) in [6.45, 7) is 5.29. The number of hydrogen-bond acceptors (Lipinski definition) is 7. The zero-order chi connectivity index (χ0) is 18.0. The van der Waals surface area contributed by atoms with Crippen LogP contribution < -0.4 is 11.0 Å². The average Bonchev–Trinajstić information content (AvgIpc) is 2.76. The molecule has 2 unspecified atom stereocenters. The highest BCUT2D eigenvalue weighted by molar-refractivity contribution is 5.83. The topological polar surface area (TPSA) is 123 Å². The number of rotatable bonds is 4. The molecule has 2 heterocycles. The number of hydrogen-bond donors (Lipinski definition) is 3. The number of aliphatic hydroxyl groups excluding tert-OH is 2. The third-order valence-corrected chi connectivity index (χ3v) is 3.43. The van der Waals surface area contributed by atoms with Gasteiger partial charge in [-0.2, -0.15) is 4.98 Å². The maximum atomic E-state index is 14.1. The molecule has 1 saturated heterocycles. The average molecular weight is 345 g/mol. The standard InChI is InChI=1S/C14H20FN3O6/c1-6(2)5-23-14(22)17-11-8(15)4-18(13(21)16-11)12-10(20)9(19)7(3)24-12/h4,6-7,9-10,12,19-20H,5H2,1-3H3,(H,16,17,21,22)/t7-,9?,10?,12-/m1/s1. The molecule has 1 aliphatic heterocycles. The minimum atomic E-state index is -1.41. The first-order chi connectivity index (χ1) is 11.2. The highest BCUT2D eigenvalue weighted by Gasteiger charge is 2.42. The van der Waals surface area contributed by atoms with Gasteiger partial charge in [-0.3, -0.25) is 9.88 Å². The number of halogens is 1. The molecule has 134 valence electrons. The predicted octanol–water partition coefficient (Wildman–Crippen LogP) is 0.226. The maximum absolute atomic E-state index is 14.1. The Labute approximate surface area is 137 Å². The molecule has 0 radical (unpaired) electrons. The molecular weight excluding hydrogens is 325 g/mol. The van der Waals surface area contributed by atoms with Gasteiger partial charge in [0.25, 0.3) is 0 Å². The summed E-state index contributed by atoms with van der Waals surface area (Å²) in [6.07, 6.45) is -4.82. The Hall–Kier alpha value is -2.04. The van der Waals surface area contributed by atoms with Crippen molar-refractivity contribution in [2.75, 3.05) is 11.9 Å². The summed E-state index contributed by atoms with van der Waals surface area (Å²) in [5.74, 6) is -1.51. The second-order valence-electron chi connectivity index (χ2n) is 5.96. The molecule has 0 aliphatic carbocycles. The van der Waals surface area contributed by atoms with Gasteiger partial charge in [0, 0.05) is 0 Å². The summed E-state index contributed by atoms with van der Waals surface area (Å²) in [7, 11) is 0. The molecule has 1 aromatic heterocycles. The van der Waals surface area contributed by atoms with Crippen molar-refractivity contribution in [3.8, 4) is 0 Å². The quantitative estimate of drug-likeness (QED) is 0.713. The Morgan fingerprint density at radius 3 is 2.71 bits per heavy atom. The van der Waals surface area contributed by atoms with Crippen molar-refractivity contribution in [3.63, 3.8) is 0 Å². The summed E-state index contributed by atoms with van der Waals surface area (Å²) in [5.41, 5.74) is -0.957. The summed E-state index contributed by atoms with van der Waals surface area (Å²) in [5, 5.41) is 21.6. The first-order valence-electron chi connectivity index (χ1n) is 7.44. The van der Waals surface area contributed by atoms with Crippen molar-refractivity contribution in [2.45, 2.75) is 45.3 Å². The fourth-order valence-electron chi connectivity index (χ4n) is 2.15. The summed E-state index contributed by atoms with van der Waals surface area (Å²) < 4.78 is 24.8. The summed E-state index contributed by atoms with van der Waals surface area (Å²) in [4.78, 5) is 26.9. The third-order valence-electron chi connectivity index (χ3n) is 3.43. The molecule has 0 aromatic carbocycles. The second-order valence-corrected chi connectivity index (χ2v) is 5.96. The molecule has 0 saturated carbocycles. The molecule has 24 heavy (non-hydrogen) atoms. The van der Waals surface area contributed by atoms with E-state index in [1.54, 1.807) is 0 Å². The lowest BCUT2D eigenvalue weighted by Gasteiger charge is -2.17. The minimum Gasteiger partial charge on any atom is -0.449 e. The van der Waals surface area contributed by atoms with Crippen LogP contribution >= 0.6 is 0 Å². The van der Waals surface area contributed by atoms with Gasteiger partial charge in [-0.05, 0) is 12.8 Å². The highest BCUT2D eigenvalue weighted by atomic mass is 19.1. The van der Waals surface area contributed by atoms with Gasteiger partial charge in [0.1, 0.15) is 12.2 Å². The molecular formula is C14H20FN3O6. The number of carbonyl (C=O) groups excluding carboxylic acids is 1. The van der Waals surface area contributed by atoms with E-state index in [9.17, 15) is 24.2 Å². The molecule has 1 aliphatic rings. The van der Waals surface area contributed by atoms with E-state index in [2.05, 4.69) is 4.98 Å². The number of amides is 1. The Morgan fingerprint density at radius 1 is 1.50 bits per heavy atom. The van der Waals surface area contributed by atoms with Gasteiger partial charge in [-0.15, -0.1) is 0 Å². The van der Waals surface area contributed by atoms with Crippen LogP contribution in [0, 0.1) is 11.7 Å². The van der Waals surface area contributed by atoms with Crippen molar-refractivity contribution >= 4 is 11.9 Å². The third kappa shape index (κ3) is 3.89. The molecule has 1 aromatic rings. The number of aliphatic hydroxyl groups is 2. The Morgan fingerprint density at radius 2 is 2.17 bits per heavy atom. The van der Waals surface area contributed by atoms with Crippen molar-refractivity contribution in [2.24, 2.45) is 5.92 Å². The minimum absolute atomic E-state index is 0.0935. The molecule has 0 spiro atoms. The molecule has 1 amide bonds. The van der Waals surface area contributed by atoms with Crippen LogP contribution in [0.1, 0.15) is 27.0 Å². The summed E-state index contributed by atoms with van der Waals surface area (Å²) in [6, 6.07) is 0. The fourth-order valence-corrected chi connectivity index (χ4v) is 2.15. The molecule has 1 fully saturated rings. The maximum Gasteiger partial charge on any atom is 0.412 e. The number of nitrogens with one attached hydrogen (secondary N) is 1. The van der Waals surface area contributed by atoms with Crippen LogP contribution in [-0.4, -0.2) is 50.8 Å². The van der Waals surface area contributed by atoms with Gasteiger partial charge in [0.05, 0.1) is 18.9 Å². The van der Waals surface area contributed by atoms with Crippen LogP contribution in [-0.2, 0) is 9.47 Å². The second kappa shape index (κ2) is 7.24. The van der Waals surface area contributed by atoms with Gasteiger partial charge in [0.15, 0.2) is 17.9 Å². The van der Waals surface area contributed by atoms with E-state index < -0.39 is 48.0 Å². The van der Waals surface area contributed by atoms with E-state index in [1.807, 2.05) is 19.2 Å². The molecule has 3 N–H and O–H groups in total. The summed E-state index contributed by atoms with van der Waals surface area (Å²) >= 11 is 0. The number of anilines is 1. The van der Waals surface area contributed by atoms with Gasteiger partial charge >= 0.3 is 11.8 Å². The van der Waals surface area contributed by atoms with Gasteiger partial charge in [-0.25, -0.2) is 14.0 Å². The predicted molar refractivity (Wildman–Crippen MR) is 79.9 cm³/mol. The van der Waals surface area contributed by atoms with E-state index in [0.29, 0.717) is 0 Å². The Balaban J connectivity index is 2.17. The highest BCUT2D eigenvalue weighted by Crippen LogP contribution is 2.28. The number of carbonyl (C=O) groups is 1. The largest absolute Gasteiger partial charge is 0.449 e. The van der Waals surface area contributed by atoms with E-state index in [-0.39, 0.29) is 12.5 Å². The van der Waals surface area contributed by atoms with E-state index in [4.69, 9.17) is 9.47 Å². The number of ether oxygens (including phenoxy) is 2. The lowest BCUT2D eigenvalue weighted by molar-refractivity contribution is -0.0355. The van der Waals surface area contributed by atoms with Crippen molar-refractivity contribution in [1.82, 2.24) is 9.55 Å². The van der Waals surface area contributed by atoms with Gasteiger partial charge in [-0.1, -0.05) is 13.8 Å². The van der Waals surface area contributed by atoms with E-state index in [1.165, 1.54) is 6.92 Å². The van der Waals surface area contributed by atoms with Crippen molar-refractivity contribution in [3.05, 3.63) is 22.5 Å². The first kappa shape index (κ1) is 18.3. The molecule has 2 rings (SSSR count). The van der Waals surface area contributed by atoms with Crippen LogP contribution in [0.2, 0.25) is 0 Å². The van der Waals surface area contributed by atoms with Crippen LogP contribution in [0.5, 0.6) is 0 Å². The van der Waals surface area contributed by atoms with E-state index >= 15 is 0 Å². The number of nitrogens with zero attached hydrogens (tertiary/aromatic N) is 2. The normalized spacial score (nSPS) is 26.6. The van der Waals surface area contributed by atoms with Gasteiger partial charge in [0.2, 0.25) is 0 Å². The first-order valence-corrected chi connectivity index (χ1v) is 7.44. The monoisotopic (exact) mass is 345 g/mol. The SMILES string of the molecule is CC(C)COC(=O)Nc1nc(=O)n([C@@H]2O[C@H](C)C(O)C2O)cc1F. The molecule has 10 heteroatoms. The lowest BCUT2D eigenvalue weighted by atomic mass is 10.1. The van der Waals surface area contributed by atoms with Crippen molar-refractivity contribution in [1.29, 1.82) is 0 Å². The van der Waals surface area contributed by atoms with Crippen molar-refractivity contribution < 1.29 is 28.9 Å². The zero-order valence-electron chi connectivity index (χ0n) is 13.5. The molecule has 0 bridgehead atoms. The molecule has 4 atom stereocenters. The van der Waals surface area contributed by atoms with Crippen LogP contribution in [0.4, 0.5) is 15.0 Å². The van der Waals surface area contributed by atoms with Crippen LogP contribution in [0.3, 0.4) is 0 Å². The van der Waals surface area contributed by atoms with E-state index in [0.717, 1.165) is 10.8 Å². The van der Waals surface area contributed by atoms with Gasteiger partial charge < -0.3 is 19.7 Å². The Bertz CT molecular complexity index is 664. The smallest absolute Gasteiger partial charge is 0.412 e. The molecule has 9 nitrogen and oxygen atoms in total. The lowest BCUT2D eigenvalue weighted by Crippen LogP contribution is -2.36. The van der Waals surface area contributed by atoms with Crippen LogP contribution in [0.15, 0.2) is 11.0 Å². The fraction of sp³-hybridized carbons (Fsp3) is 0.643.